The molecule has 0 bridgehead atoms. The van der Waals surface area contributed by atoms with Gasteiger partial charge in [0.15, 0.2) is 0 Å². The molecule has 0 rings (SSSR count). The normalized spacial score (nSPS) is 15.5. The molecule has 0 amide bonds. The lowest BCUT2D eigenvalue weighted by Gasteiger charge is -2.49. The first-order chi connectivity index (χ1) is 7.76. The molecule has 0 nitrogen and oxygen atoms in total. The van der Waals surface area contributed by atoms with Gasteiger partial charge in [0.1, 0.15) is 0 Å². The lowest BCUT2D eigenvalue weighted by atomic mass is 9.56. The van der Waals surface area contributed by atoms with Gasteiger partial charge in [0.05, 0.1) is 0 Å². The van der Waals surface area contributed by atoms with Crippen molar-refractivity contribution in [1.29, 1.82) is 0 Å². The third-order valence-electron chi connectivity index (χ3n) is 4.91. The largest absolute Gasteiger partial charge is 0.0764 e. The van der Waals surface area contributed by atoms with E-state index in [1.807, 2.05) is 0 Å². The van der Waals surface area contributed by atoms with Crippen molar-refractivity contribution in [3.05, 3.63) is 11.1 Å². The van der Waals surface area contributed by atoms with Crippen molar-refractivity contribution in [2.75, 3.05) is 0 Å². The van der Waals surface area contributed by atoms with Gasteiger partial charge in [-0.15, -0.1) is 0 Å². The molecule has 0 heteroatoms. The van der Waals surface area contributed by atoms with Crippen molar-refractivity contribution in [3.63, 3.8) is 0 Å². The molecule has 0 saturated carbocycles. The SMILES string of the molecule is CCC(C(=C(C)C)C(C)(C)C)C(C)(C)C(C)(C)C. The van der Waals surface area contributed by atoms with E-state index in [0.717, 1.165) is 0 Å². The third kappa shape index (κ3) is 3.62. The molecule has 0 radical (unpaired) electrons. The molecule has 0 aromatic rings. The summed E-state index contributed by atoms with van der Waals surface area (Å²) in [6.07, 6.45) is 1.22. The third-order valence-corrected chi connectivity index (χ3v) is 4.91. The smallest absolute Gasteiger partial charge is 0.0142 e. The maximum atomic E-state index is 2.44. The first kappa shape index (κ1) is 17.7. The average molecular weight is 252 g/mol. The summed E-state index contributed by atoms with van der Waals surface area (Å²) in [5.74, 6) is 0.655. The van der Waals surface area contributed by atoms with Crippen LogP contribution in [-0.4, -0.2) is 0 Å². The van der Waals surface area contributed by atoms with Crippen molar-refractivity contribution >= 4 is 0 Å². The van der Waals surface area contributed by atoms with Gasteiger partial charge >= 0.3 is 0 Å². The molecule has 0 N–H and O–H groups in total. The highest BCUT2D eigenvalue weighted by atomic mass is 14.5. The summed E-state index contributed by atoms with van der Waals surface area (Å²) in [4.78, 5) is 0. The van der Waals surface area contributed by atoms with Crippen molar-refractivity contribution in [2.24, 2.45) is 22.2 Å². The predicted molar refractivity (Wildman–Crippen MR) is 84.8 cm³/mol. The first-order valence-corrected chi connectivity index (χ1v) is 7.44. The highest BCUT2D eigenvalue weighted by molar-refractivity contribution is 5.23. The maximum Gasteiger partial charge on any atom is -0.0142 e. The Morgan fingerprint density at radius 2 is 1.22 bits per heavy atom. The summed E-state index contributed by atoms with van der Waals surface area (Å²) in [5.41, 5.74) is 4.06. The molecule has 0 fully saturated rings. The lowest BCUT2D eigenvalue weighted by Crippen LogP contribution is -2.40. The van der Waals surface area contributed by atoms with Crippen molar-refractivity contribution < 1.29 is 0 Å². The monoisotopic (exact) mass is 252 g/mol. The number of hydrogen-bond donors (Lipinski definition) is 0. The van der Waals surface area contributed by atoms with Crippen molar-refractivity contribution in [2.45, 2.75) is 82.6 Å². The van der Waals surface area contributed by atoms with Crippen LogP contribution in [-0.2, 0) is 0 Å². The Bertz CT molecular complexity index is 298. The van der Waals surface area contributed by atoms with Crippen LogP contribution in [0.2, 0.25) is 0 Å². The summed E-state index contributed by atoms with van der Waals surface area (Å²) in [7, 11) is 0. The molecule has 0 saturated heterocycles. The minimum atomic E-state index is 0.266. The molecule has 108 valence electrons. The fourth-order valence-electron chi connectivity index (χ4n) is 3.22. The summed E-state index contributed by atoms with van der Waals surface area (Å²) >= 11 is 0. The molecule has 0 spiro atoms. The minimum Gasteiger partial charge on any atom is -0.0764 e. The van der Waals surface area contributed by atoms with Crippen LogP contribution < -0.4 is 0 Å². The Morgan fingerprint density at radius 3 is 1.39 bits per heavy atom. The summed E-state index contributed by atoms with van der Waals surface area (Å²) in [6.45, 7) is 26.0. The Morgan fingerprint density at radius 1 is 0.833 bits per heavy atom. The molecule has 0 aliphatic heterocycles. The molecule has 1 atom stereocenters. The average Bonchev–Trinajstić information content (AvgIpc) is 2.08. The molecule has 18 heavy (non-hydrogen) atoms. The quantitative estimate of drug-likeness (QED) is 0.505. The second-order valence-electron chi connectivity index (χ2n) is 8.60. The first-order valence-electron chi connectivity index (χ1n) is 7.44. The van der Waals surface area contributed by atoms with Crippen LogP contribution in [0.15, 0.2) is 11.1 Å². The second-order valence-corrected chi connectivity index (χ2v) is 8.60. The zero-order valence-corrected chi connectivity index (χ0v) is 14.8. The Kier molecular flexibility index (Phi) is 5.31. The van der Waals surface area contributed by atoms with E-state index in [0.29, 0.717) is 16.7 Å². The highest BCUT2D eigenvalue weighted by Gasteiger charge is 2.43. The van der Waals surface area contributed by atoms with Crippen LogP contribution in [0.4, 0.5) is 0 Å². The van der Waals surface area contributed by atoms with E-state index < -0.39 is 0 Å². The van der Waals surface area contributed by atoms with Gasteiger partial charge < -0.3 is 0 Å². The molecular weight excluding hydrogens is 216 g/mol. The van der Waals surface area contributed by atoms with E-state index in [4.69, 9.17) is 0 Å². The predicted octanol–water partition coefficient (Wildman–Crippen LogP) is 6.47. The zero-order valence-electron chi connectivity index (χ0n) is 14.8. The molecular formula is C18H36. The van der Waals surface area contributed by atoms with Gasteiger partial charge in [-0.1, -0.05) is 73.5 Å². The Balaban J connectivity index is 5.80. The van der Waals surface area contributed by atoms with Crippen LogP contribution in [0, 0.1) is 22.2 Å². The van der Waals surface area contributed by atoms with E-state index in [1.165, 1.54) is 12.0 Å². The molecule has 0 aromatic heterocycles. The Hall–Kier alpha value is -0.260. The minimum absolute atomic E-state index is 0.266. The molecule has 0 heterocycles. The second kappa shape index (κ2) is 5.39. The highest BCUT2D eigenvalue weighted by Crippen LogP contribution is 2.52. The fourth-order valence-corrected chi connectivity index (χ4v) is 3.22. The van der Waals surface area contributed by atoms with Crippen LogP contribution in [0.3, 0.4) is 0 Å². The topological polar surface area (TPSA) is 0 Å². The van der Waals surface area contributed by atoms with Gasteiger partial charge in [-0.05, 0) is 42.4 Å². The van der Waals surface area contributed by atoms with Crippen LogP contribution in [0.25, 0.3) is 0 Å². The van der Waals surface area contributed by atoms with E-state index in [9.17, 15) is 0 Å². The van der Waals surface area contributed by atoms with Crippen LogP contribution >= 0.6 is 0 Å². The van der Waals surface area contributed by atoms with Gasteiger partial charge in [-0.25, -0.2) is 0 Å². The Labute approximate surface area is 116 Å². The molecule has 0 aliphatic rings. The van der Waals surface area contributed by atoms with Crippen LogP contribution in [0.1, 0.15) is 82.6 Å². The van der Waals surface area contributed by atoms with E-state index in [2.05, 4.69) is 76.2 Å². The van der Waals surface area contributed by atoms with E-state index in [-0.39, 0.29) is 5.41 Å². The number of rotatable bonds is 3. The van der Waals surface area contributed by atoms with Crippen molar-refractivity contribution in [3.8, 4) is 0 Å². The summed E-state index contributed by atoms with van der Waals surface area (Å²) in [6, 6.07) is 0. The number of allylic oxidation sites excluding steroid dienone is 2. The van der Waals surface area contributed by atoms with Gasteiger partial charge in [0, 0.05) is 0 Å². The fraction of sp³-hybridized carbons (Fsp3) is 0.889. The van der Waals surface area contributed by atoms with Gasteiger partial charge in [-0.2, -0.15) is 0 Å². The van der Waals surface area contributed by atoms with Crippen molar-refractivity contribution in [1.82, 2.24) is 0 Å². The maximum absolute atomic E-state index is 2.44. The summed E-state index contributed by atoms with van der Waals surface area (Å²) < 4.78 is 0. The van der Waals surface area contributed by atoms with Gasteiger partial charge in [0.25, 0.3) is 0 Å². The number of hydrogen-bond acceptors (Lipinski definition) is 0. The molecule has 1 unspecified atom stereocenters. The molecule has 0 aromatic carbocycles. The van der Waals surface area contributed by atoms with E-state index >= 15 is 0 Å². The summed E-state index contributed by atoms with van der Waals surface area (Å²) in [5, 5.41) is 0. The van der Waals surface area contributed by atoms with Gasteiger partial charge in [-0.3, -0.25) is 0 Å². The van der Waals surface area contributed by atoms with Crippen LogP contribution in [0.5, 0.6) is 0 Å². The standard InChI is InChI=1S/C18H36/c1-12-14(18(10,11)17(7,8)9)15(13(2)3)16(4,5)6/h14H,12H2,1-11H3. The zero-order chi connectivity index (χ0) is 14.9. The molecule has 0 aliphatic carbocycles. The van der Waals surface area contributed by atoms with Gasteiger partial charge in [0.2, 0.25) is 0 Å². The van der Waals surface area contributed by atoms with E-state index in [1.54, 1.807) is 5.57 Å². The lowest BCUT2D eigenvalue weighted by molar-refractivity contribution is 0.0606.